The van der Waals surface area contributed by atoms with Crippen LogP contribution in [0.4, 0.5) is 5.69 Å². The van der Waals surface area contributed by atoms with Crippen LogP contribution in [0.15, 0.2) is 42.5 Å². The highest BCUT2D eigenvalue weighted by molar-refractivity contribution is 6.32. The van der Waals surface area contributed by atoms with Crippen molar-refractivity contribution < 1.29 is 23.9 Å². The maximum atomic E-state index is 12.2. The molecule has 2 aromatic rings. The Morgan fingerprint density at radius 1 is 1.15 bits per heavy atom. The van der Waals surface area contributed by atoms with Gasteiger partial charge in [-0.05, 0) is 50.6 Å². The van der Waals surface area contributed by atoms with Crippen molar-refractivity contribution in [3.05, 3.63) is 58.6 Å². The lowest BCUT2D eigenvalue weighted by Crippen LogP contribution is -2.31. The average molecular weight is 390 g/mol. The second kappa shape index (κ2) is 9.19. The van der Waals surface area contributed by atoms with E-state index in [-0.39, 0.29) is 12.4 Å². The Labute approximate surface area is 162 Å². The summed E-state index contributed by atoms with van der Waals surface area (Å²) in [4.78, 5) is 35.5. The van der Waals surface area contributed by atoms with Crippen LogP contribution in [0.1, 0.15) is 29.8 Å². The minimum absolute atomic E-state index is 0.113. The zero-order valence-electron chi connectivity index (χ0n) is 15.2. The van der Waals surface area contributed by atoms with Gasteiger partial charge in [0.1, 0.15) is 5.75 Å². The largest absolute Gasteiger partial charge is 0.480 e. The fraction of sp³-hybridized carbons (Fsp3) is 0.250. The maximum absolute atomic E-state index is 12.2. The Kier molecular flexibility index (Phi) is 6.96. The molecule has 0 saturated heterocycles. The number of hydrogen-bond acceptors (Lipinski definition) is 5. The standard InChI is InChI=1S/C20H20ClNO5/c1-12-7-8-17(21)18(9-12)26-11-19(24)27-14(3)20(25)22-16-6-4-5-15(10-16)13(2)23/h4-10,14H,11H2,1-3H3,(H,22,25)/t14-/m1/s1. The SMILES string of the molecule is CC(=O)c1cccc(NC(=O)[C@@H](C)OC(=O)COc2cc(C)ccc2Cl)c1. The van der Waals surface area contributed by atoms with E-state index in [0.717, 1.165) is 5.56 Å². The molecule has 0 aliphatic carbocycles. The summed E-state index contributed by atoms with van der Waals surface area (Å²) in [5, 5.41) is 2.98. The van der Waals surface area contributed by atoms with Crippen molar-refractivity contribution in [3.8, 4) is 5.75 Å². The molecule has 2 aromatic carbocycles. The van der Waals surface area contributed by atoms with Gasteiger partial charge in [-0.15, -0.1) is 0 Å². The number of benzene rings is 2. The summed E-state index contributed by atoms with van der Waals surface area (Å²) in [6.07, 6.45) is -1.03. The number of nitrogens with one attached hydrogen (secondary N) is 1. The third kappa shape index (κ3) is 6.11. The molecule has 1 amide bonds. The van der Waals surface area contributed by atoms with E-state index in [4.69, 9.17) is 21.1 Å². The van der Waals surface area contributed by atoms with Crippen LogP contribution in [0.2, 0.25) is 5.02 Å². The Hall–Kier alpha value is -2.86. The lowest BCUT2D eigenvalue weighted by molar-refractivity contribution is -0.155. The number of halogens is 1. The predicted molar refractivity (Wildman–Crippen MR) is 102 cm³/mol. The van der Waals surface area contributed by atoms with Crippen molar-refractivity contribution in [2.45, 2.75) is 26.9 Å². The van der Waals surface area contributed by atoms with E-state index in [1.54, 1.807) is 36.4 Å². The van der Waals surface area contributed by atoms with E-state index in [1.807, 2.05) is 13.0 Å². The first kappa shape index (κ1) is 20.5. The quantitative estimate of drug-likeness (QED) is 0.575. The molecule has 0 bridgehead atoms. The number of ether oxygens (including phenoxy) is 2. The lowest BCUT2D eigenvalue weighted by Gasteiger charge is -2.14. The normalized spacial score (nSPS) is 11.4. The highest BCUT2D eigenvalue weighted by Gasteiger charge is 2.19. The van der Waals surface area contributed by atoms with Crippen LogP contribution in [0.25, 0.3) is 0 Å². The van der Waals surface area contributed by atoms with E-state index in [1.165, 1.54) is 13.8 Å². The molecule has 6 nitrogen and oxygen atoms in total. The van der Waals surface area contributed by atoms with Crippen LogP contribution in [0, 0.1) is 6.92 Å². The molecule has 0 saturated carbocycles. The van der Waals surface area contributed by atoms with Crippen LogP contribution >= 0.6 is 11.6 Å². The highest BCUT2D eigenvalue weighted by Crippen LogP contribution is 2.25. The van der Waals surface area contributed by atoms with Crippen molar-refractivity contribution in [1.29, 1.82) is 0 Å². The molecule has 27 heavy (non-hydrogen) atoms. The Morgan fingerprint density at radius 2 is 1.89 bits per heavy atom. The molecule has 0 aliphatic heterocycles. The molecule has 0 spiro atoms. The number of ketones is 1. The number of esters is 1. The monoisotopic (exact) mass is 389 g/mol. The number of hydrogen-bond donors (Lipinski definition) is 1. The third-order valence-corrected chi connectivity index (χ3v) is 3.96. The number of carbonyl (C=O) groups excluding carboxylic acids is 3. The molecule has 142 valence electrons. The summed E-state index contributed by atoms with van der Waals surface area (Å²) in [5.41, 5.74) is 1.85. The summed E-state index contributed by atoms with van der Waals surface area (Å²) in [6.45, 7) is 4.38. The van der Waals surface area contributed by atoms with Crippen molar-refractivity contribution >= 4 is 34.9 Å². The van der Waals surface area contributed by atoms with Gasteiger partial charge in [-0.25, -0.2) is 4.79 Å². The maximum Gasteiger partial charge on any atom is 0.344 e. The molecule has 0 fully saturated rings. The molecule has 0 unspecified atom stereocenters. The molecular weight excluding hydrogens is 370 g/mol. The molecule has 7 heteroatoms. The smallest absolute Gasteiger partial charge is 0.344 e. The Morgan fingerprint density at radius 3 is 2.59 bits per heavy atom. The first-order valence-electron chi connectivity index (χ1n) is 8.26. The Bertz CT molecular complexity index is 865. The molecule has 0 heterocycles. The summed E-state index contributed by atoms with van der Waals surface area (Å²) >= 11 is 6.00. The van der Waals surface area contributed by atoms with E-state index < -0.39 is 18.0 Å². The van der Waals surface area contributed by atoms with E-state index in [0.29, 0.717) is 22.0 Å². The molecule has 0 aliphatic rings. The zero-order valence-corrected chi connectivity index (χ0v) is 16.0. The van der Waals surface area contributed by atoms with Crippen LogP contribution < -0.4 is 10.1 Å². The minimum atomic E-state index is -1.03. The van der Waals surface area contributed by atoms with Crippen LogP contribution in [-0.2, 0) is 14.3 Å². The van der Waals surface area contributed by atoms with Crippen LogP contribution in [-0.4, -0.2) is 30.4 Å². The van der Waals surface area contributed by atoms with Gasteiger partial charge in [-0.3, -0.25) is 9.59 Å². The van der Waals surface area contributed by atoms with Gasteiger partial charge in [0.25, 0.3) is 5.91 Å². The van der Waals surface area contributed by atoms with Gasteiger partial charge in [-0.2, -0.15) is 0 Å². The van der Waals surface area contributed by atoms with Gasteiger partial charge >= 0.3 is 5.97 Å². The molecule has 2 rings (SSSR count). The number of rotatable bonds is 7. The van der Waals surface area contributed by atoms with Crippen molar-refractivity contribution in [1.82, 2.24) is 0 Å². The molecule has 1 atom stereocenters. The predicted octanol–water partition coefficient (Wildman–Crippen LogP) is 3.80. The van der Waals surface area contributed by atoms with E-state index >= 15 is 0 Å². The lowest BCUT2D eigenvalue weighted by atomic mass is 10.1. The van der Waals surface area contributed by atoms with Gasteiger partial charge in [0.15, 0.2) is 18.5 Å². The van der Waals surface area contributed by atoms with E-state index in [9.17, 15) is 14.4 Å². The molecule has 0 aromatic heterocycles. The summed E-state index contributed by atoms with van der Waals surface area (Å²) < 4.78 is 10.4. The van der Waals surface area contributed by atoms with E-state index in [2.05, 4.69) is 5.32 Å². The van der Waals surface area contributed by atoms with Crippen molar-refractivity contribution in [3.63, 3.8) is 0 Å². The molecule has 0 radical (unpaired) electrons. The fourth-order valence-electron chi connectivity index (χ4n) is 2.20. The van der Waals surface area contributed by atoms with Gasteiger partial charge in [0, 0.05) is 11.3 Å². The van der Waals surface area contributed by atoms with Gasteiger partial charge in [0.05, 0.1) is 5.02 Å². The topological polar surface area (TPSA) is 81.7 Å². The highest BCUT2D eigenvalue weighted by atomic mass is 35.5. The number of amides is 1. The fourth-order valence-corrected chi connectivity index (χ4v) is 2.37. The third-order valence-electron chi connectivity index (χ3n) is 3.65. The summed E-state index contributed by atoms with van der Waals surface area (Å²) in [5.74, 6) is -0.963. The Balaban J connectivity index is 1.88. The van der Waals surface area contributed by atoms with Crippen LogP contribution in [0.3, 0.4) is 0 Å². The number of Topliss-reactive ketones (excluding diaryl/α,β-unsaturated/α-hetero) is 1. The zero-order chi connectivity index (χ0) is 20.0. The molecule has 1 N–H and O–H groups in total. The van der Waals surface area contributed by atoms with Crippen LogP contribution in [0.5, 0.6) is 5.75 Å². The van der Waals surface area contributed by atoms with Gasteiger partial charge < -0.3 is 14.8 Å². The second-order valence-electron chi connectivity index (χ2n) is 5.98. The van der Waals surface area contributed by atoms with Gasteiger partial charge in [0.2, 0.25) is 0 Å². The minimum Gasteiger partial charge on any atom is -0.480 e. The first-order chi connectivity index (χ1) is 12.8. The second-order valence-corrected chi connectivity index (χ2v) is 6.39. The first-order valence-corrected chi connectivity index (χ1v) is 8.64. The van der Waals surface area contributed by atoms with Gasteiger partial charge in [-0.1, -0.05) is 29.8 Å². The number of anilines is 1. The summed E-state index contributed by atoms with van der Waals surface area (Å²) in [7, 11) is 0. The average Bonchev–Trinajstić information content (AvgIpc) is 2.62. The van der Waals surface area contributed by atoms with Crippen molar-refractivity contribution in [2.24, 2.45) is 0 Å². The number of aryl methyl sites for hydroxylation is 1. The molecular formula is C20H20ClNO5. The summed E-state index contributed by atoms with van der Waals surface area (Å²) in [6, 6.07) is 11.7. The number of carbonyl (C=O) groups is 3. The van der Waals surface area contributed by atoms with Crippen molar-refractivity contribution in [2.75, 3.05) is 11.9 Å².